The Kier molecular flexibility index (Phi) is 3.06. The molecule has 0 bridgehead atoms. The fourth-order valence-electron chi connectivity index (χ4n) is 2.07. The van der Waals surface area contributed by atoms with Gasteiger partial charge in [0.2, 0.25) is 0 Å². The van der Waals surface area contributed by atoms with Gasteiger partial charge < -0.3 is 11.1 Å². The van der Waals surface area contributed by atoms with Gasteiger partial charge in [0, 0.05) is 24.0 Å². The molecule has 2 heterocycles. The van der Waals surface area contributed by atoms with Crippen molar-refractivity contribution in [1.82, 2.24) is 15.3 Å². The zero-order valence-electron chi connectivity index (χ0n) is 8.19. The van der Waals surface area contributed by atoms with Crippen LogP contribution in [0.3, 0.4) is 0 Å². The van der Waals surface area contributed by atoms with Crippen molar-refractivity contribution in [3.8, 4) is 0 Å². The quantitative estimate of drug-likeness (QED) is 0.715. The van der Waals surface area contributed by atoms with Gasteiger partial charge in [-0.05, 0) is 31.8 Å². The molecule has 4 heteroatoms. The normalized spacial score (nSPS) is 27.5. The van der Waals surface area contributed by atoms with Gasteiger partial charge in [0.15, 0.2) is 0 Å². The minimum absolute atomic E-state index is 0.343. The van der Waals surface area contributed by atoms with E-state index in [0.29, 0.717) is 12.0 Å². The van der Waals surface area contributed by atoms with Crippen molar-refractivity contribution in [2.75, 3.05) is 13.1 Å². The summed E-state index contributed by atoms with van der Waals surface area (Å²) in [6, 6.07) is 0.343. The molecule has 1 fully saturated rings. The van der Waals surface area contributed by atoms with Gasteiger partial charge in [0.05, 0.1) is 0 Å². The molecule has 1 aliphatic heterocycles. The number of nitrogens with one attached hydrogen (secondary N) is 1. The minimum Gasteiger partial charge on any atom is -0.330 e. The number of hydrogen-bond donors (Lipinski definition) is 2. The Morgan fingerprint density at radius 3 is 2.93 bits per heavy atom. The lowest BCUT2D eigenvalue weighted by atomic mass is 9.87. The highest BCUT2D eigenvalue weighted by molar-refractivity contribution is 5.11. The molecule has 0 saturated carbocycles. The van der Waals surface area contributed by atoms with Crippen molar-refractivity contribution < 1.29 is 0 Å². The summed E-state index contributed by atoms with van der Waals surface area (Å²) >= 11 is 0. The molecule has 0 aromatic carbocycles. The van der Waals surface area contributed by atoms with Crippen LogP contribution >= 0.6 is 0 Å². The molecule has 2 rings (SSSR count). The molecule has 76 valence electrons. The lowest BCUT2D eigenvalue weighted by Crippen LogP contribution is -2.37. The van der Waals surface area contributed by atoms with E-state index in [2.05, 4.69) is 15.3 Å². The van der Waals surface area contributed by atoms with Gasteiger partial charge in [0.25, 0.3) is 0 Å². The molecule has 14 heavy (non-hydrogen) atoms. The van der Waals surface area contributed by atoms with Crippen LogP contribution in [0.15, 0.2) is 18.7 Å². The maximum atomic E-state index is 5.75. The first kappa shape index (κ1) is 9.55. The average molecular weight is 192 g/mol. The third-order valence-electron chi connectivity index (χ3n) is 2.83. The van der Waals surface area contributed by atoms with Gasteiger partial charge in [-0.15, -0.1) is 0 Å². The third kappa shape index (κ3) is 1.91. The maximum Gasteiger partial charge on any atom is 0.115 e. The van der Waals surface area contributed by atoms with Crippen molar-refractivity contribution in [1.29, 1.82) is 0 Å². The predicted molar refractivity (Wildman–Crippen MR) is 54.6 cm³/mol. The molecule has 2 atom stereocenters. The Balaban J connectivity index is 2.15. The van der Waals surface area contributed by atoms with Gasteiger partial charge in [-0.1, -0.05) is 0 Å². The van der Waals surface area contributed by atoms with Gasteiger partial charge in [-0.3, -0.25) is 0 Å². The van der Waals surface area contributed by atoms with Crippen molar-refractivity contribution in [3.63, 3.8) is 0 Å². The first-order valence-corrected chi connectivity index (χ1v) is 5.10. The first-order valence-electron chi connectivity index (χ1n) is 5.10. The largest absolute Gasteiger partial charge is 0.330 e. The molecule has 0 spiro atoms. The molecule has 1 aromatic heterocycles. The maximum absolute atomic E-state index is 5.75. The van der Waals surface area contributed by atoms with Crippen LogP contribution in [0.25, 0.3) is 0 Å². The summed E-state index contributed by atoms with van der Waals surface area (Å²) in [4.78, 5) is 8.07. The molecular formula is C10H16N4. The lowest BCUT2D eigenvalue weighted by Gasteiger charge is -2.31. The van der Waals surface area contributed by atoms with Crippen LogP contribution in [0.4, 0.5) is 0 Å². The second kappa shape index (κ2) is 4.48. The highest BCUT2D eigenvalue weighted by Gasteiger charge is 2.24. The van der Waals surface area contributed by atoms with Gasteiger partial charge in [-0.2, -0.15) is 0 Å². The summed E-state index contributed by atoms with van der Waals surface area (Å²) in [6.07, 6.45) is 7.72. The number of nitrogens with zero attached hydrogens (tertiary/aromatic N) is 2. The van der Waals surface area contributed by atoms with E-state index in [1.807, 2.05) is 12.4 Å². The van der Waals surface area contributed by atoms with E-state index in [-0.39, 0.29) is 0 Å². The first-order chi connectivity index (χ1) is 6.92. The Hall–Kier alpha value is -1.00. The molecule has 0 amide bonds. The van der Waals surface area contributed by atoms with Gasteiger partial charge >= 0.3 is 0 Å². The van der Waals surface area contributed by atoms with Crippen molar-refractivity contribution in [2.24, 2.45) is 11.7 Å². The number of piperidine rings is 1. The molecule has 3 N–H and O–H groups in total. The summed E-state index contributed by atoms with van der Waals surface area (Å²) in [5.41, 5.74) is 6.91. The van der Waals surface area contributed by atoms with Crippen LogP contribution in [-0.4, -0.2) is 23.1 Å². The molecular weight excluding hydrogens is 176 g/mol. The zero-order valence-corrected chi connectivity index (χ0v) is 8.19. The highest BCUT2D eigenvalue weighted by atomic mass is 14.9. The van der Waals surface area contributed by atoms with Crippen molar-refractivity contribution >= 4 is 0 Å². The van der Waals surface area contributed by atoms with Crippen LogP contribution < -0.4 is 11.1 Å². The SMILES string of the molecule is NCC1CCCNC1c1cncnc1. The molecule has 4 nitrogen and oxygen atoms in total. The van der Waals surface area contributed by atoms with E-state index < -0.39 is 0 Å². The predicted octanol–water partition coefficient (Wildman–Crippen LogP) is 0.476. The van der Waals surface area contributed by atoms with Crippen LogP contribution in [0.2, 0.25) is 0 Å². The lowest BCUT2D eigenvalue weighted by molar-refractivity contribution is 0.290. The average Bonchev–Trinajstić information content (AvgIpc) is 2.30. The van der Waals surface area contributed by atoms with E-state index in [9.17, 15) is 0 Å². The van der Waals surface area contributed by atoms with E-state index in [1.165, 1.54) is 12.8 Å². The Morgan fingerprint density at radius 2 is 2.21 bits per heavy atom. The number of rotatable bonds is 2. The molecule has 0 radical (unpaired) electrons. The van der Waals surface area contributed by atoms with Crippen LogP contribution in [0.5, 0.6) is 0 Å². The smallest absolute Gasteiger partial charge is 0.115 e. The zero-order chi connectivity index (χ0) is 9.80. The van der Waals surface area contributed by atoms with Crippen LogP contribution in [0.1, 0.15) is 24.4 Å². The van der Waals surface area contributed by atoms with Crippen molar-refractivity contribution in [2.45, 2.75) is 18.9 Å². The Bertz CT molecular complexity index is 275. The summed E-state index contributed by atoms with van der Waals surface area (Å²) in [7, 11) is 0. The molecule has 1 aromatic rings. The standard InChI is InChI=1S/C10H16N4/c11-4-8-2-1-3-14-10(8)9-5-12-7-13-6-9/h5-8,10,14H,1-4,11H2. The summed E-state index contributed by atoms with van der Waals surface area (Å²) in [5.74, 6) is 0.523. The monoisotopic (exact) mass is 192 g/mol. The van der Waals surface area contributed by atoms with E-state index in [0.717, 1.165) is 18.7 Å². The van der Waals surface area contributed by atoms with Gasteiger partial charge in [-0.25, -0.2) is 9.97 Å². The molecule has 0 aliphatic carbocycles. The number of nitrogens with two attached hydrogens (primary N) is 1. The highest BCUT2D eigenvalue weighted by Crippen LogP contribution is 2.27. The summed E-state index contributed by atoms with van der Waals surface area (Å²) in [6.45, 7) is 1.79. The minimum atomic E-state index is 0.343. The van der Waals surface area contributed by atoms with Gasteiger partial charge in [0.1, 0.15) is 6.33 Å². The molecule has 1 saturated heterocycles. The van der Waals surface area contributed by atoms with E-state index in [1.54, 1.807) is 6.33 Å². The fraction of sp³-hybridized carbons (Fsp3) is 0.600. The number of hydrogen-bond acceptors (Lipinski definition) is 4. The summed E-state index contributed by atoms with van der Waals surface area (Å²) in [5, 5.41) is 3.48. The molecule has 1 aliphatic rings. The Labute approximate surface area is 83.9 Å². The molecule has 2 unspecified atom stereocenters. The van der Waals surface area contributed by atoms with Crippen LogP contribution in [-0.2, 0) is 0 Å². The number of aromatic nitrogens is 2. The van der Waals surface area contributed by atoms with Crippen LogP contribution in [0, 0.1) is 5.92 Å². The second-order valence-electron chi connectivity index (χ2n) is 3.74. The summed E-state index contributed by atoms with van der Waals surface area (Å²) < 4.78 is 0. The Morgan fingerprint density at radius 1 is 1.43 bits per heavy atom. The third-order valence-corrected chi connectivity index (χ3v) is 2.83. The van der Waals surface area contributed by atoms with Crippen molar-refractivity contribution in [3.05, 3.63) is 24.3 Å². The second-order valence-corrected chi connectivity index (χ2v) is 3.74. The topological polar surface area (TPSA) is 63.8 Å². The fourth-order valence-corrected chi connectivity index (χ4v) is 2.07. The van der Waals surface area contributed by atoms with E-state index >= 15 is 0 Å². The van der Waals surface area contributed by atoms with E-state index in [4.69, 9.17) is 5.73 Å².